The fraction of sp³-hybridized carbons (Fsp3) is 0.533. The molecule has 1 rings (SSSR count). The van der Waals surface area contributed by atoms with E-state index in [2.05, 4.69) is 12.2 Å². The minimum absolute atomic E-state index is 0.0822. The molecular weight excluding hydrogens is 256 g/mol. The van der Waals surface area contributed by atoms with E-state index < -0.39 is 0 Å². The molecule has 0 heterocycles. The SMILES string of the molecule is CCCC(N)CC(=O)Nc1cc(OC)c(OC)cc1C. The van der Waals surface area contributed by atoms with Crippen LogP contribution in [0.15, 0.2) is 12.1 Å². The smallest absolute Gasteiger partial charge is 0.225 e. The van der Waals surface area contributed by atoms with Gasteiger partial charge in [-0.25, -0.2) is 0 Å². The molecular formula is C15H24N2O3. The molecule has 5 nitrogen and oxygen atoms in total. The number of anilines is 1. The molecule has 0 saturated carbocycles. The Bertz CT molecular complexity index is 461. The van der Waals surface area contributed by atoms with Gasteiger partial charge in [0.15, 0.2) is 11.5 Å². The van der Waals surface area contributed by atoms with Gasteiger partial charge in [0.2, 0.25) is 5.91 Å². The van der Waals surface area contributed by atoms with E-state index in [1.54, 1.807) is 20.3 Å². The zero-order chi connectivity index (χ0) is 15.1. The number of hydrogen-bond acceptors (Lipinski definition) is 4. The topological polar surface area (TPSA) is 73.6 Å². The minimum atomic E-state index is -0.0968. The summed E-state index contributed by atoms with van der Waals surface area (Å²) in [6, 6.07) is 3.50. The molecule has 1 atom stereocenters. The molecule has 1 unspecified atom stereocenters. The number of carbonyl (C=O) groups excluding carboxylic acids is 1. The van der Waals surface area contributed by atoms with Gasteiger partial charge in [0.05, 0.1) is 14.2 Å². The molecule has 0 saturated heterocycles. The van der Waals surface area contributed by atoms with Crippen LogP contribution in [0.3, 0.4) is 0 Å². The lowest BCUT2D eigenvalue weighted by Crippen LogP contribution is -2.27. The number of rotatable bonds is 7. The van der Waals surface area contributed by atoms with Gasteiger partial charge in [-0.1, -0.05) is 13.3 Å². The third-order valence-corrected chi connectivity index (χ3v) is 3.11. The standard InChI is InChI=1S/C15H24N2O3/c1-5-6-11(16)8-15(18)17-12-9-14(20-4)13(19-3)7-10(12)2/h7,9,11H,5-6,8,16H2,1-4H3,(H,17,18). The summed E-state index contributed by atoms with van der Waals surface area (Å²) in [4.78, 5) is 11.9. The summed E-state index contributed by atoms with van der Waals surface area (Å²) in [5.74, 6) is 1.15. The molecule has 1 aromatic rings. The van der Waals surface area contributed by atoms with Crippen LogP contribution in [-0.2, 0) is 4.79 Å². The molecule has 0 aliphatic rings. The summed E-state index contributed by atoms with van der Waals surface area (Å²) in [7, 11) is 3.15. The number of aryl methyl sites for hydroxylation is 1. The summed E-state index contributed by atoms with van der Waals surface area (Å²) in [6.07, 6.45) is 2.14. The molecule has 20 heavy (non-hydrogen) atoms. The fourth-order valence-electron chi connectivity index (χ4n) is 2.03. The average molecular weight is 280 g/mol. The predicted octanol–water partition coefficient (Wildman–Crippen LogP) is 2.47. The lowest BCUT2D eigenvalue weighted by Gasteiger charge is -2.15. The minimum Gasteiger partial charge on any atom is -0.493 e. The van der Waals surface area contributed by atoms with Crippen LogP contribution in [0, 0.1) is 6.92 Å². The fourth-order valence-corrected chi connectivity index (χ4v) is 2.03. The van der Waals surface area contributed by atoms with Gasteiger partial charge in [-0.15, -0.1) is 0 Å². The number of carbonyl (C=O) groups is 1. The maximum absolute atomic E-state index is 11.9. The van der Waals surface area contributed by atoms with E-state index in [1.165, 1.54) is 0 Å². The van der Waals surface area contributed by atoms with Crippen LogP contribution in [0.4, 0.5) is 5.69 Å². The monoisotopic (exact) mass is 280 g/mol. The summed E-state index contributed by atoms with van der Waals surface area (Å²) < 4.78 is 10.4. The Labute approximate surface area is 120 Å². The molecule has 0 aromatic heterocycles. The van der Waals surface area contributed by atoms with Crippen molar-refractivity contribution >= 4 is 11.6 Å². The van der Waals surface area contributed by atoms with Gasteiger partial charge in [0, 0.05) is 24.2 Å². The van der Waals surface area contributed by atoms with Crippen molar-refractivity contribution in [1.82, 2.24) is 0 Å². The van der Waals surface area contributed by atoms with Gasteiger partial charge in [0.1, 0.15) is 0 Å². The number of hydrogen-bond donors (Lipinski definition) is 2. The van der Waals surface area contributed by atoms with Crippen LogP contribution in [0.5, 0.6) is 11.5 Å². The third-order valence-electron chi connectivity index (χ3n) is 3.11. The van der Waals surface area contributed by atoms with Gasteiger partial charge in [-0.3, -0.25) is 4.79 Å². The molecule has 0 radical (unpaired) electrons. The van der Waals surface area contributed by atoms with Crippen molar-refractivity contribution in [2.75, 3.05) is 19.5 Å². The molecule has 0 bridgehead atoms. The van der Waals surface area contributed by atoms with Crippen LogP contribution in [0.2, 0.25) is 0 Å². The number of ether oxygens (including phenoxy) is 2. The first-order valence-corrected chi connectivity index (χ1v) is 6.79. The summed E-state index contributed by atoms with van der Waals surface area (Å²) >= 11 is 0. The van der Waals surface area contributed by atoms with Crippen molar-refractivity contribution in [3.05, 3.63) is 17.7 Å². The Morgan fingerprint density at radius 2 is 1.90 bits per heavy atom. The van der Waals surface area contributed by atoms with E-state index in [4.69, 9.17) is 15.2 Å². The predicted molar refractivity (Wildman–Crippen MR) is 80.4 cm³/mol. The van der Waals surface area contributed by atoms with E-state index in [-0.39, 0.29) is 11.9 Å². The van der Waals surface area contributed by atoms with E-state index in [9.17, 15) is 4.79 Å². The summed E-state index contributed by atoms with van der Waals surface area (Å²) in [5, 5.41) is 2.87. The van der Waals surface area contributed by atoms with Crippen molar-refractivity contribution in [2.24, 2.45) is 5.73 Å². The molecule has 0 fully saturated rings. The maximum Gasteiger partial charge on any atom is 0.225 e. The molecule has 0 spiro atoms. The zero-order valence-corrected chi connectivity index (χ0v) is 12.7. The average Bonchev–Trinajstić information content (AvgIpc) is 2.40. The molecule has 1 amide bonds. The summed E-state index contributed by atoms with van der Waals surface area (Å²) in [6.45, 7) is 3.96. The normalized spacial score (nSPS) is 11.8. The Balaban J connectivity index is 2.79. The van der Waals surface area contributed by atoms with E-state index >= 15 is 0 Å². The quantitative estimate of drug-likeness (QED) is 0.804. The zero-order valence-electron chi connectivity index (χ0n) is 12.7. The Hall–Kier alpha value is -1.75. The molecule has 1 aromatic carbocycles. The molecule has 5 heteroatoms. The first kappa shape index (κ1) is 16.3. The number of methoxy groups -OCH3 is 2. The van der Waals surface area contributed by atoms with Crippen molar-refractivity contribution in [3.63, 3.8) is 0 Å². The second-order valence-corrected chi connectivity index (χ2v) is 4.82. The van der Waals surface area contributed by atoms with E-state index in [0.29, 0.717) is 17.9 Å². The number of amides is 1. The van der Waals surface area contributed by atoms with Gasteiger partial charge in [-0.2, -0.15) is 0 Å². The number of benzene rings is 1. The van der Waals surface area contributed by atoms with Gasteiger partial charge in [-0.05, 0) is 25.0 Å². The summed E-state index contributed by atoms with van der Waals surface area (Å²) in [5.41, 5.74) is 7.51. The number of nitrogens with one attached hydrogen (secondary N) is 1. The van der Waals surface area contributed by atoms with Gasteiger partial charge < -0.3 is 20.5 Å². The van der Waals surface area contributed by atoms with E-state index in [1.807, 2.05) is 13.0 Å². The Kier molecular flexibility index (Phi) is 6.31. The van der Waals surface area contributed by atoms with Crippen LogP contribution in [0.25, 0.3) is 0 Å². The van der Waals surface area contributed by atoms with Crippen LogP contribution in [-0.4, -0.2) is 26.2 Å². The molecule has 0 aliphatic carbocycles. The second-order valence-electron chi connectivity index (χ2n) is 4.82. The van der Waals surface area contributed by atoms with Crippen LogP contribution in [0.1, 0.15) is 31.7 Å². The largest absolute Gasteiger partial charge is 0.493 e. The molecule has 3 N–H and O–H groups in total. The highest BCUT2D eigenvalue weighted by atomic mass is 16.5. The lowest BCUT2D eigenvalue weighted by atomic mass is 10.1. The molecule has 0 aliphatic heterocycles. The van der Waals surface area contributed by atoms with Crippen LogP contribution < -0.4 is 20.5 Å². The first-order chi connectivity index (χ1) is 9.51. The van der Waals surface area contributed by atoms with Gasteiger partial charge >= 0.3 is 0 Å². The highest BCUT2D eigenvalue weighted by molar-refractivity contribution is 5.92. The highest BCUT2D eigenvalue weighted by Gasteiger charge is 2.13. The molecule has 112 valence electrons. The van der Waals surface area contributed by atoms with Crippen molar-refractivity contribution in [3.8, 4) is 11.5 Å². The first-order valence-electron chi connectivity index (χ1n) is 6.79. The number of nitrogens with two attached hydrogens (primary N) is 1. The van der Waals surface area contributed by atoms with Crippen molar-refractivity contribution in [2.45, 2.75) is 39.2 Å². The lowest BCUT2D eigenvalue weighted by molar-refractivity contribution is -0.116. The highest BCUT2D eigenvalue weighted by Crippen LogP contribution is 2.32. The maximum atomic E-state index is 11.9. The van der Waals surface area contributed by atoms with Crippen molar-refractivity contribution < 1.29 is 14.3 Å². The van der Waals surface area contributed by atoms with Crippen LogP contribution >= 0.6 is 0 Å². The third kappa shape index (κ3) is 4.42. The second kappa shape index (κ2) is 7.75. The Morgan fingerprint density at radius 3 is 2.45 bits per heavy atom. The van der Waals surface area contributed by atoms with E-state index in [0.717, 1.165) is 24.1 Å². The van der Waals surface area contributed by atoms with Crippen molar-refractivity contribution in [1.29, 1.82) is 0 Å². The van der Waals surface area contributed by atoms with Gasteiger partial charge in [0.25, 0.3) is 0 Å². The Morgan fingerprint density at radius 1 is 1.30 bits per heavy atom.